The van der Waals surface area contributed by atoms with E-state index in [-0.39, 0.29) is 29.2 Å². The SMILES string of the molecule is Cc1nn(C)c2nc(OCc3ccccc3C#N)cc(C(F)(F)F)c12. The number of ether oxygens (including phenoxy) is 1. The standard InChI is InChI=1S/C17H13F3N4O/c1-10-15-13(17(18,19)20)7-14(22-16(15)24(2)23-10)25-9-12-6-4-3-5-11(12)8-21/h3-7H,9H2,1-2H3. The molecule has 0 radical (unpaired) electrons. The molecule has 0 aliphatic heterocycles. The molecule has 1 aromatic carbocycles. The van der Waals surface area contributed by atoms with Crippen molar-refractivity contribution in [1.29, 1.82) is 5.26 Å². The lowest BCUT2D eigenvalue weighted by Gasteiger charge is -2.12. The highest BCUT2D eigenvalue weighted by atomic mass is 19.4. The Hall–Kier alpha value is -3.08. The number of pyridine rings is 1. The minimum atomic E-state index is -4.56. The Morgan fingerprint density at radius 2 is 2.00 bits per heavy atom. The fourth-order valence-electron chi connectivity index (χ4n) is 2.63. The second kappa shape index (κ2) is 6.09. The highest BCUT2D eigenvalue weighted by molar-refractivity contribution is 5.83. The van der Waals surface area contributed by atoms with Gasteiger partial charge in [-0.3, -0.25) is 4.68 Å². The molecule has 8 heteroatoms. The fraction of sp³-hybridized carbons (Fsp3) is 0.235. The normalized spacial score (nSPS) is 11.5. The van der Waals surface area contributed by atoms with E-state index in [1.807, 2.05) is 6.07 Å². The fourth-order valence-corrected chi connectivity index (χ4v) is 2.63. The predicted octanol–water partition coefficient (Wildman–Crippen LogP) is 3.75. The van der Waals surface area contributed by atoms with Gasteiger partial charge in [0, 0.05) is 18.7 Å². The third kappa shape index (κ3) is 3.13. The first-order valence-corrected chi connectivity index (χ1v) is 7.33. The summed E-state index contributed by atoms with van der Waals surface area (Å²) in [5.41, 5.74) is 0.471. The Morgan fingerprint density at radius 1 is 1.28 bits per heavy atom. The van der Waals surface area contributed by atoms with Gasteiger partial charge in [0.1, 0.15) is 6.61 Å². The largest absolute Gasteiger partial charge is 0.473 e. The summed E-state index contributed by atoms with van der Waals surface area (Å²) in [4.78, 5) is 4.14. The van der Waals surface area contributed by atoms with Gasteiger partial charge in [0.2, 0.25) is 5.88 Å². The van der Waals surface area contributed by atoms with Gasteiger partial charge in [0.05, 0.1) is 28.3 Å². The number of hydrogen-bond donors (Lipinski definition) is 0. The molecule has 0 fully saturated rings. The molecule has 0 N–H and O–H groups in total. The Balaban J connectivity index is 2.03. The van der Waals surface area contributed by atoms with Crippen LogP contribution >= 0.6 is 0 Å². The molecule has 0 aliphatic carbocycles. The molecule has 0 saturated heterocycles. The van der Waals surface area contributed by atoms with E-state index in [1.165, 1.54) is 18.7 Å². The zero-order chi connectivity index (χ0) is 18.2. The lowest BCUT2D eigenvalue weighted by atomic mass is 10.1. The molecule has 128 valence electrons. The first-order valence-electron chi connectivity index (χ1n) is 7.33. The maximum Gasteiger partial charge on any atom is 0.417 e. The summed E-state index contributed by atoms with van der Waals surface area (Å²) in [5, 5.41) is 13.0. The number of aromatic nitrogens is 3. The highest BCUT2D eigenvalue weighted by Crippen LogP contribution is 2.37. The first kappa shape index (κ1) is 16.8. The molecule has 0 saturated carbocycles. The maximum atomic E-state index is 13.4. The summed E-state index contributed by atoms with van der Waals surface area (Å²) in [7, 11) is 1.53. The van der Waals surface area contributed by atoms with Crippen LogP contribution in [0, 0.1) is 18.3 Å². The number of nitrogens with zero attached hydrogens (tertiary/aromatic N) is 4. The van der Waals surface area contributed by atoms with Crippen molar-refractivity contribution in [3.63, 3.8) is 0 Å². The van der Waals surface area contributed by atoms with Crippen LogP contribution in [-0.4, -0.2) is 14.8 Å². The van der Waals surface area contributed by atoms with Crippen molar-refractivity contribution in [2.75, 3.05) is 0 Å². The molecular weight excluding hydrogens is 333 g/mol. The summed E-state index contributed by atoms with van der Waals surface area (Å²) in [6.45, 7) is 1.44. The minimum Gasteiger partial charge on any atom is -0.473 e. The third-order valence-electron chi connectivity index (χ3n) is 3.76. The van der Waals surface area contributed by atoms with Crippen LogP contribution in [0.4, 0.5) is 13.2 Å². The Kier molecular flexibility index (Phi) is 4.08. The second-order valence-corrected chi connectivity index (χ2v) is 5.47. The molecule has 3 aromatic rings. The molecule has 3 rings (SSSR count). The van der Waals surface area contributed by atoms with Gasteiger partial charge in [-0.25, -0.2) is 0 Å². The number of alkyl halides is 3. The quantitative estimate of drug-likeness (QED) is 0.725. The molecule has 25 heavy (non-hydrogen) atoms. The monoisotopic (exact) mass is 346 g/mol. The van der Waals surface area contributed by atoms with Gasteiger partial charge in [-0.1, -0.05) is 18.2 Å². The maximum absolute atomic E-state index is 13.4. The molecule has 2 heterocycles. The number of fused-ring (bicyclic) bond motifs is 1. The molecule has 0 bridgehead atoms. The van der Waals surface area contributed by atoms with Gasteiger partial charge >= 0.3 is 6.18 Å². The zero-order valence-corrected chi connectivity index (χ0v) is 13.4. The Labute approximate surface area is 141 Å². The lowest BCUT2D eigenvalue weighted by Crippen LogP contribution is -2.09. The van der Waals surface area contributed by atoms with Crippen molar-refractivity contribution in [2.24, 2.45) is 7.05 Å². The molecule has 5 nitrogen and oxygen atoms in total. The van der Waals surface area contributed by atoms with E-state index in [1.54, 1.807) is 24.3 Å². The van der Waals surface area contributed by atoms with Crippen LogP contribution in [0.3, 0.4) is 0 Å². The smallest absolute Gasteiger partial charge is 0.417 e. The highest BCUT2D eigenvalue weighted by Gasteiger charge is 2.35. The summed E-state index contributed by atoms with van der Waals surface area (Å²) in [5.74, 6) is -0.171. The van der Waals surface area contributed by atoms with Gasteiger partial charge in [-0.15, -0.1) is 0 Å². The van der Waals surface area contributed by atoms with E-state index < -0.39 is 11.7 Å². The van der Waals surface area contributed by atoms with Crippen molar-refractivity contribution in [2.45, 2.75) is 19.7 Å². The van der Waals surface area contributed by atoms with E-state index in [0.29, 0.717) is 11.1 Å². The number of benzene rings is 1. The van der Waals surface area contributed by atoms with Crippen LogP contribution in [0.5, 0.6) is 5.88 Å². The van der Waals surface area contributed by atoms with Gasteiger partial charge in [-0.2, -0.15) is 28.5 Å². The molecular formula is C17H13F3N4O. The van der Waals surface area contributed by atoms with E-state index in [0.717, 1.165) is 6.07 Å². The number of aryl methyl sites for hydroxylation is 2. The van der Waals surface area contributed by atoms with Gasteiger partial charge in [-0.05, 0) is 13.0 Å². The molecule has 0 spiro atoms. The number of halogens is 3. The van der Waals surface area contributed by atoms with E-state index >= 15 is 0 Å². The third-order valence-corrected chi connectivity index (χ3v) is 3.76. The van der Waals surface area contributed by atoms with Crippen molar-refractivity contribution in [1.82, 2.24) is 14.8 Å². The molecule has 0 aliphatic rings. The summed E-state index contributed by atoms with van der Waals surface area (Å²) >= 11 is 0. The first-order chi connectivity index (χ1) is 11.8. The van der Waals surface area contributed by atoms with Crippen LogP contribution in [0.2, 0.25) is 0 Å². The summed E-state index contributed by atoms with van der Waals surface area (Å²) in [6.07, 6.45) is -4.56. The van der Waals surface area contributed by atoms with Gasteiger partial charge in [0.15, 0.2) is 5.65 Å². The lowest BCUT2D eigenvalue weighted by molar-refractivity contribution is -0.136. The molecule has 0 unspecified atom stereocenters. The van der Waals surface area contributed by atoms with E-state index in [2.05, 4.69) is 10.1 Å². The number of rotatable bonds is 3. The van der Waals surface area contributed by atoms with E-state index in [9.17, 15) is 13.2 Å². The Morgan fingerprint density at radius 3 is 2.68 bits per heavy atom. The molecule has 0 amide bonds. The second-order valence-electron chi connectivity index (χ2n) is 5.47. The van der Waals surface area contributed by atoms with Crippen LogP contribution in [0.25, 0.3) is 11.0 Å². The predicted molar refractivity (Wildman–Crippen MR) is 83.7 cm³/mol. The van der Waals surface area contributed by atoms with Crippen molar-refractivity contribution in [3.8, 4) is 11.9 Å². The van der Waals surface area contributed by atoms with Gasteiger partial charge in [0.25, 0.3) is 0 Å². The van der Waals surface area contributed by atoms with Crippen LogP contribution in [0.1, 0.15) is 22.4 Å². The van der Waals surface area contributed by atoms with E-state index in [4.69, 9.17) is 10.00 Å². The summed E-state index contributed by atoms with van der Waals surface area (Å²) in [6, 6.07) is 9.60. The Bertz CT molecular complexity index is 986. The van der Waals surface area contributed by atoms with Gasteiger partial charge < -0.3 is 4.74 Å². The number of hydrogen-bond acceptors (Lipinski definition) is 4. The van der Waals surface area contributed by atoms with Crippen molar-refractivity contribution < 1.29 is 17.9 Å². The summed E-state index contributed by atoms with van der Waals surface area (Å²) < 4.78 is 46.9. The topological polar surface area (TPSA) is 63.7 Å². The average Bonchev–Trinajstić information content (AvgIpc) is 2.86. The molecule has 2 aromatic heterocycles. The zero-order valence-electron chi connectivity index (χ0n) is 13.4. The average molecular weight is 346 g/mol. The van der Waals surface area contributed by atoms with Crippen molar-refractivity contribution in [3.05, 3.63) is 52.7 Å². The van der Waals surface area contributed by atoms with Crippen LogP contribution in [-0.2, 0) is 19.8 Å². The van der Waals surface area contributed by atoms with Crippen LogP contribution < -0.4 is 4.74 Å². The van der Waals surface area contributed by atoms with Crippen LogP contribution in [0.15, 0.2) is 30.3 Å². The minimum absolute atomic E-state index is 0.0419. The van der Waals surface area contributed by atoms with Crippen molar-refractivity contribution >= 4 is 11.0 Å². The number of nitriles is 1. The molecule has 0 atom stereocenters.